The molecule has 2 unspecified atom stereocenters. The molecule has 1 aliphatic heterocycles. The minimum Gasteiger partial charge on any atom is -0.378 e. The van der Waals surface area contributed by atoms with E-state index in [9.17, 15) is 10.1 Å². The molecule has 0 bridgehead atoms. The summed E-state index contributed by atoms with van der Waals surface area (Å²) < 4.78 is 7.05. The summed E-state index contributed by atoms with van der Waals surface area (Å²) in [6, 6.07) is 0.197. The third-order valence-electron chi connectivity index (χ3n) is 3.44. The van der Waals surface area contributed by atoms with Crippen LogP contribution in [0.3, 0.4) is 0 Å². The van der Waals surface area contributed by atoms with Crippen molar-refractivity contribution in [2.24, 2.45) is 7.05 Å². The molecule has 2 heterocycles. The second-order valence-corrected chi connectivity index (χ2v) is 4.93. The fourth-order valence-corrected chi connectivity index (χ4v) is 2.48. The zero-order valence-electron chi connectivity index (χ0n) is 11.5. The van der Waals surface area contributed by atoms with Gasteiger partial charge in [-0.15, -0.1) is 0 Å². The van der Waals surface area contributed by atoms with Crippen LogP contribution in [0.15, 0.2) is 0 Å². The monoisotopic (exact) mass is 268 g/mol. The summed E-state index contributed by atoms with van der Waals surface area (Å²) in [5.41, 5.74) is 0.624. The average molecular weight is 268 g/mol. The maximum atomic E-state index is 11.2. The van der Waals surface area contributed by atoms with Crippen molar-refractivity contribution in [3.63, 3.8) is 0 Å². The SMILES string of the molecule is CCc1nn(C)c(NC2CCOC(C)C2)c1[N+](=O)[O-]. The first-order valence-electron chi connectivity index (χ1n) is 6.61. The molecule has 1 aromatic heterocycles. The van der Waals surface area contributed by atoms with E-state index < -0.39 is 0 Å². The Balaban J connectivity index is 2.23. The molecular weight excluding hydrogens is 248 g/mol. The summed E-state index contributed by atoms with van der Waals surface area (Å²) in [6.07, 6.45) is 2.44. The first kappa shape index (κ1) is 13.8. The van der Waals surface area contributed by atoms with Gasteiger partial charge in [-0.1, -0.05) is 6.92 Å². The molecule has 1 N–H and O–H groups in total. The maximum Gasteiger partial charge on any atom is 0.333 e. The Labute approximate surface area is 112 Å². The van der Waals surface area contributed by atoms with Gasteiger partial charge in [-0.05, 0) is 26.2 Å². The summed E-state index contributed by atoms with van der Waals surface area (Å²) in [5.74, 6) is 0.501. The van der Waals surface area contributed by atoms with Crippen molar-refractivity contribution < 1.29 is 9.66 Å². The van der Waals surface area contributed by atoms with Crippen molar-refractivity contribution in [1.29, 1.82) is 0 Å². The van der Waals surface area contributed by atoms with E-state index in [0.29, 0.717) is 24.5 Å². The fourth-order valence-electron chi connectivity index (χ4n) is 2.48. The van der Waals surface area contributed by atoms with Crippen molar-refractivity contribution in [3.05, 3.63) is 15.8 Å². The Morgan fingerprint density at radius 1 is 1.63 bits per heavy atom. The van der Waals surface area contributed by atoms with E-state index in [-0.39, 0.29) is 22.8 Å². The van der Waals surface area contributed by atoms with Crippen LogP contribution in [0.25, 0.3) is 0 Å². The summed E-state index contributed by atoms with van der Waals surface area (Å²) >= 11 is 0. The zero-order valence-corrected chi connectivity index (χ0v) is 11.5. The highest BCUT2D eigenvalue weighted by atomic mass is 16.6. The summed E-state index contributed by atoms with van der Waals surface area (Å²) in [5, 5.41) is 18.7. The summed E-state index contributed by atoms with van der Waals surface area (Å²) in [4.78, 5) is 10.9. The average Bonchev–Trinajstić information content (AvgIpc) is 2.66. The predicted octanol–water partition coefficient (Wildman–Crippen LogP) is 1.87. The molecule has 0 saturated carbocycles. The molecule has 19 heavy (non-hydrogen) atoms. The molecular formula is C12H20N4O3. The molecule has 1 aliphatic rings. The van der Waals surface area contributed by atoms with Crippen molar-refractivity contribution in [2.45, 2.75) is 45.3 Å². The van der Waals surface area contributed by atoms with Crippen LogP contribution < -0.4 is 5.32 Å². The Kier molecular flexibility index (Phi) is 4.04. The number of nitrogens with zero attached hydrogens (tertiary/aromatic N) is 3. The molecule has 0 radical (unpaired) electrons. The molecule has 2 rings (SSSR count). The van der Waals surface area contributed by atoms with Gasteiger partial charge in [0.05, 0.1) is 11.0 Å². The first-order valence-corrected chi connectivity index (χ1v) is 6.61. The molecule has 7 nitrogen and oxygen atoms in total. The normalized spacial score (nSPS) is 23.3. The van der Waals surface area contributed by atoms with E-state index >= 15 is 0 Å². The molecule has 2 atom stereocenters. The van der Waals surface area contributed by atoms with Crippen molar-refractivity contribution in [2.75, 3.05) is 11.9 Å². The van der Waals surface area contributed by atoms with E-state index in [0.717, 1.165) is 12.8 Å². The summed E-state index contributed by atoms with van der Waals surface area (Å²) in [6.45, 7) is 4.57. The van der Waals surface area contributed by atoms with Gasteiger partial charge in [0, 0.05) is 19.7 Å². The second-order valence-electron chi connectivity index (χ2n) is 4.93. The van der Waals surface area contributed by atoms with Crippen LogP contribution in [0.2, 0.25) is 0 Å². The molecule has 0 spiro atoms. The van der Waals surface area contributed by atoms with Crippen molar-refractivity contribution in [3.8, 4) is 0 Å². The highest BCUT2D eigenvalue weighted by Crippen LogP contribution is 2.30. The number of hydrogen-bond donors (Lipinski definition) is 1. The minimum atomic E-state index is -0.350. The number of hydrogen-bond acceptors (Lipinski definition) is 5. The highest BCUT2D eigenvalue weighted by molar-refractivity contribution is 5.60. The van der Waals surface area contributed by atoms with E-state index in [1.807, 2.05) is 13.8 Å². The van der Waals surface area contributed by atoms with Crippen LogP contribution in [-0.4, -0.2) is 33.5 Å². The minimum absolute atomic E-state index is 0.101. The Hall–Kier alpha value is -1.63. The molecule has 1 aromatic rings. The van der Waals surface area contributed by atoms with Crippen LogP contribution >= 0.6 is 0 Å². The van der Waals surface area contributed by atoms with Crippen LogP contribution in [0.4, 0.5) is 11.5 Å². The predicted molar refractivity (Wildman–Crippen MR) is 71.3 cm³/mol. The Morgan fingerprint density at radius 3 is 2.95 bits per heavy atom. The van der Waals surface area contributed by atoms with E-state index in [1.165, 1.54) is 0 Å². The number of aromatic nitrogens is 2. The van der Waals surface area contributed by atoms with Gasteiger partial charge in [0.2, 0.25) is 5.82 Å². The highest BCUT2D eigenvalue weighted by Gasteiger charge is 2.28. The van der Waals surface area contributed by atoms with Gasteiger partial charge in [-0.3, -0.25) is 10.1 Å². The molecule has 1 saturated heterocycles. The van der Waals surface area contributed by atoms with Gasteiger partial charge in [-0.25, -0.2) is 4.68 Å². The third-order valence-corrected chi connectivity index (χ3v) is 3.44. The quantitative estimate of drug-likeness (QED) is 0.666. The number of nitro groups is 1. The van der Waals surface area contributed by atoms with E-state index in [2.05, 4.69) is 10.4 Å². The number of aryl methyl sites for hydroxylation is 2. The van der Waals surface area contributed by atoms with Gasteiger partial charge < -0.3 is 10.1 Å². The van der Waals surface area contributed by atoms with Crippen molar-refractivity contribution in [1.82, 2.24) is 9.78 Å². The van der Waals surface area contributed by atoms with Crippen molar-refractivity contribution >= 4 is 11.5 Å². The number of nitrogens with one attached hydrogen (secondary N) is 1. The fraction of sp³-hybridized carbons (Fsp3) is 0.750. The number of ether oxygens (including phenoxy) is 1. The second kappa shape index (κ2) is 5.56. The van der Waals surface area contributed by atoms with E-state index in [4.69, 9.17) is 4.74 Å². The van der Waals surface area contributed by atoms with E-state index in [1.54, 1.807) is 11.7 Å². The lowest BCUT2D eigenvalue weighted by Gasteiger charge is -2.28. The van der Waals surface area contributed by atoms with Gasteiger partial charge in [0.25, 0.3) is 0 Å². The van der Waals surface area contributed by atoms with Crippen LogP contribution in [0.5, 0.6) is 0 Å². The molecule has 7 heteroatoms. The third kappa shape index (κ3) is 2.86. The lowest BCUT2D eigenvalue weighted by molar-refractivity contribution is -0.384. The number of rotatable bonds is 4. The summed E-state index contributed by atoms with van der Waals surface area (Å²) in [7, 11) is 1.73. The molecule has 0 aromatic carbocycles. The smallest absolute Gasteiger partial charge is 0.333 e. The molecule has 1 fully saturated rings. The van der Waals surface area contributed by atoms with Crippen LogP contribution in [-0.2, 0) is 18.2 Å². The number of anilines is 1. The standard InChI is InChI=1S/C12H20N4O3/c1-4-10-11(16(17)18)12(15(3)14-10)13-9-5-6-19-8(2)7-9/h8-9,13H,4-7H2,1-3H3. The van der Waals surface area contributed by atoms with Gasteiger partial charge in [0.15, 0.2) is 0 Å². The Bertz CT molecular complexity index is 472. The van der Waals surface area contributed by atoms with Gasteiger partial charge in [0.1, 0.15) is 5.69 Å². The van der Waals surface area contributed by atoms with Gasteiger partial charge in [-0.2, -0.15) is 5.10 Å². The molecule has 106 valence electrons. The maximum absolute atomic E-state index is 11.2. The van der Waals surface area contributed by atoms with Gasteiger partial charge >= 0.3 is 5.69 Å². The van der Waals surface area contributed by atoms with Crippen LogP contribution in [0, 0.1) is 10.1 Å². The lowest BCUT2D eigenvalue weighted by atomic mass is 10.0. The topological polar surface area (TPSA) is 82.2 Å². The van der Waals surface area contributed by atoms with Crippen LogP contribution in [0.1, 0.15) is 32.4 Å². The zero-order chi connectivity index (χ0) is 14.0. The lowest BCUT2D eigenvalue weighted by Crippen LogP contribution is -2.33. The Morgan fingerprint density at radius 2 is 2.37 bits per heavy atom. The first-order chi connectivity index (χ1) is 9.02. The largest absolute Gasteiger partial charge is 0.378 e. The molecule has 0 aliphatic carbocycles. The molecule has 0 amide bonds.